The van der Waals surface area contributed by atoms with Crippen molar-refractivity contribution in [2.45, 2.75) is 6.92 Å². The third kappa shape index (κ3) is 2.60. The van der Waals surface area contributed by atoms with Gasteiger partial charge in [0.1, 0.15) is 5.75 Å². The Hall–Kier alpha value is -1.28. The van der Waals surface area contributed by atoms with Crippen molar-refractivity contribution in [1.29, 1.82) is 0 Å². The number of hydrogen-bond acceptors (Lipinski definition) is 2. The number of nitrogens with one attached hydrogen (secondary N) is 1. The molecule has 70 valence electrons. The second-order valence-corrected chi connectivity index (χ2v) is 2.97. The van der Waals surface area contributed by atoms with Crippen LogP contribution in [0, 0.1) is 6.92 Å². The van der Waals surface area contributed by atoms with Crippen molar-refractivity contribution in [1.82, 2.24) is 5.32 Å². The van der Waals surface area contributed by atoms with Gasteiger partial charge in [0.2, 0.25) is 0 Å². The van der Waals surface area contributed by atoms with Crippen molar-refractivity contribution < 1.29 is 5.11 Å². The number of likely N-dealkylation sites (N-methyl/N-ethyl adjacent to an activating group) is 1. The van der Waals surface area contributed by atoms with Gasteiger partial charge in [-0.25, -0.2) is 0 Å². The first-order valence-corrected chi connectivity index (χ1v) is 4.35. The van der Waals surface area contributed by atoms with Crippen molar-refractivity contribution in [3.8, 4) is 5.75 Å². The third-order valence-electron chi connectivity index (χ3n) is 1.89. The molecule has 0 radical (unpaired) electrons. The van der Waals surface area contributed by atoms with Crippen molar-refractivity contribution in [2.75, 3.05) is 13.6 Å². The van der Waals surface area contributed by atoms with Crippen LogP contribution >= 0.6 is 0 Å². The number of phenolic OH excluding ortho intramolecular Hbond substituents is 1. The normalized spacial score (nSPS) is 10.9. The fourth-order valence-corrected chi connectivity index (χ4v) is 1.12. The summed E-state index contributed by atoms with van der Waals surface area (Å²) in [6, 6.07) is 5.73. The molecule has 2 N–H and O–H groups in total. The van der Waals surface area contributed by atoms with Crippen LogP contribution in [0.1, 0.15) is 11.1 Å². The number of para-hydroxylation sites is 1. The fourth-order valence-electron chi connectivity index (χ4n) is 1.12. The molecule has 0 saturated carbocycles. The molecule has 0 amide bonds. The van der Waals surface area contributed by atoms with E-state index in [1.165, 1.54) is 0 Å². The highest BCUT2D eigenvalue weighted by Gasteiger charge is 1.98. The molecule has 2 heteroatoms. The summed E-state index contributed by atoms with van der Waals surface area (Å²) in [7, 11) is 1.89. The molecular weight excluding hydrogens is 162 g/mol. The molecule has 1 aromatic rings. The Balaban J connectivity index is 2.83. The van der Waals surface area contributed by atoms with E-state index in [1.54, 1.807) is 0 Å². The zero-order valence-corrected chi connectivity index (χ0v) is 8.04. The van der Waals surface area contributed by atoms with E-state index in [4.69, 9.17) is 0 Å². The van der Waals surface area contributed by atoms with E-state index in [9.17, 15) is 5.11 Å². The highest BCUT2D eigenvalue weighted by Crippen LogP contribution is 2.22. The molecule has 0 aliphatic carbocycles. The maximum Gasteiger partial charge on any atom is 0.125 e. The molecule has 0 atom stereocenters. The minimum Gasteiger partial charge on any atom is -0.507 e. The van der Waals surface area contributed by atoms with Crippen LogP contribution in [-0.4, -0.2) is 18.7 Å². The lowest BCUT2D eigenvalue weighted by molar-refractivity contribution is 0.470. The Morgan fingerprint density at radius 1 is 1.46 bits per heavy atom. The van der Waals surface area contributed by atoms with E-state index < -0.39 is 0 Å². The first kappa shape index (κ1) is 9.81. The second-order valence-electron chi connectivity index (χ2n) is 2.97. The molecule has 0 fully saturated rings. The lowest BCUT2D eigenvalue weighted by atomic mass is 10.1. The summed E-state index contributed by atoms with van der Waals surface area (Å²) in [4.78, 5) is 0. The van der Waals surface area contributed by atoms with Crippen molar-refractivity contribution in [3.63, 3.8) is 0 Å². The summed E-state index contributed by atoms with van der Waals surface area (Å²) in [6.45, 7) is 2.71. The van der Waals surface area contributed by atoms with Gasteiger partial charge < -0.3 is 10.4 Å². The van der Waals surface area contributed by atoms with Crippen LogP contribution in [0.5, 0.6) is 5.75 Å². The van der Waals surface area contributed by atoms with E-state index in [2.05, 4.69) is 5.32 Å². The Bertz CT molecular complexity index is 305. The van der Waals surface area contributed by atoms with Crippen LogP contribution < -0.4 is 5.32 Å². The van der Waals surface area contributed by atoms with Gasteiger partial charge in [-0.15, -0.1) is 0 Å². The number of phenols is 1. The Morgan fingerprint density at radius 2 is 2.23 bits per heavy atom. The van der Waals surface area contributed by atoms with Crippen LogP contribution in [0.4, 0.5) is 0 Å². The number of benzene rings is 1. The van der Waals surface area contributed by atoms with Crippen LogP contribution in [0.2, 0.25) is 0 Å². The monoisotopic (exact) mass is 177 g/mol. The van der Waals surface area contributed by atoms with Crippen molar-refractivity contribution in [3.05, 3.63) is 35.4 Å². The summed E-state index contributed by atoms with van der Waals surface area (Å²) < 4.78 is 0. The number of aromatic hydroxyl groups is 1. The Labute approximate surface area is 78.9 Å². The van der Waals surface area contributed by atoms with Gasteiger partial charge in [-0.2, -0.15) is 0 Å². The molecular formula is C11H15NO. The predicted molar refractivity (Wildman–Crippen MR) is 55.8 cm³/mol. The van der Waals surface area contributed by atoms with Crippen LogP contribution in [-0.2, 0) is 0 Å². The molecule has 0 saturated heterocycles. The van der Waals surface area contributed by atoms with Gasteiger partial charge >= 0.3 is 0 Å². The standard InChI is InChI=1S/C11H15NO/c1-9-5-3-6-10(11(9)13)7-4-8-12-2/h3-7,12-13H,8H2,1-2H3. The van der Waals surface area contributed by atoms with Crippen LogP contribution in [0.25, 0.3) is 6.08 Å². The predicted octanol–water partition coefficient (Wildman–Crippen LogP) is 1.93. The lowest BCUT2D eigenvalue weighted by Gasteiger charge is -2.01. The fraction of sp³-hybridized carbons (Fsp3) is 0.273. The zero-order chi connectivity index (χ0) is 9.68. The molecule has 1 rings (SSSR count). The number of hydrogen-bond donors (Lipinski definition) is 2. The zero-order valence-electron chi connectivity index (χ0n) is 8.04. The molecule has 0 aliphatic rings. The highest BCUT2D eigenvalue weighted by molar-refractivity contribution is 5.59. The summed E-state index contributed by atoms with van der Waals surface area (Å²) >= 11 is 0. The summed E-state index contributed by atoms with van der Waals surface area (Å²) in [6.07, 6.45) is 3.90. The van der Waals surface area contributed by atoms with E-state index >= 15 is 0 Å². The van der Waals surface area contributed by atoms with Gasteiger partial charge in [0, 0.05) is 12.1 Å². The van der Waals surface area contributed by atoms with Gasteiger partial charge in [0.15, 0.2) is 0 Å². The maximum atomic E-state index is 9.63. The molecule has 1 aromatic carbocycles. The van der Waals surface area contributed by atoms with Crippen LogP contribution in [0.15, 0.2) is 24.3 Å². The Morgan fingerprint density at radius 3 is 2.92 bits per heavy atom. The van der Waals surface area contributed by atoms with E-state index in [0.717, 1.165) is 17.7 Å². The molecule has 0 spiro atoms. The first-order valence-electron chi connectivity index (χ1n) is 4.35. The van der Waals surface area contributed by atoms with Gasteiger partial charge in [-0.05, 0) is 19.5 Å². The third-order valence-corrected chi connectivity index (χ3v) is 1.89. The molecule has 0 unspecified atom stereocenters. The average Bonchev–Trinajstić information content (AvgIpc) is 2.13. The smallest absolute Gasteiger partial charge is 0.125 e. The molecule has 2 nitrogen and oxygen atoms in total. The topological polar surface area (TPSA) is 32.3 Å². The first-order chi connectivity index (χ1) is 6.25. The van der Waals surface area contributed by atoms with E-state index in [1.807, 2.05) is 44.3 Å². The minimum absolute atomic E-state index is 0.370. The quantitative estimate of drug-likeness (QED) is 0.739. The van der Waals surface area contributed by atoms with Crippen LogP contribution in [0.3, 0.4) is 0 Å². The highest BCUT2D eigenvalue weighted by atomic mass is 16.3. The van der Waals surface area contributed by atoms with Crippen molar-refractivity contribution >= 4 is 6.08 Å². The van der Waals surface area contributed by atoms with Gasteiger partial charge in [0.05, 0.1) is 0 Å². The lowest BCUT2D eigenvalue weighted by Crippen LogP contribution is -2.03. The number of aryl methyl sites for hydroxylation is 1. The van der Waals surface area contributed by atoms with Gasteiger partial charge in [0.25, 0.3) is 0 Å². The van der Waals surface area contributed by atoms with E-state index in [0.29, 0.717) is 5.75 Å². The largest absolute Gasteiger partial charge is 0.507 e. The SMILES string of the molecule is CNCC=Cc1cccc(C)c1O. The minimum atomic E-state index is 0.370. The average molecular weight is 177 g/mol. The van der Waals surface area contributed by atoms with Crippen molar-refractivity contribution in [2.24, 2.45) is 0 Å². The van der Waals surface area contributed by atoms with E-state index in [-0.39, 0.29) is 0 Å². The summed E-state index contributed by atoms with van der Waals surface area (Å²) in [5, 5.41) is 12.6. The second kappa shape index (κ2) is 4.67. The molecule has 0 aromatic heterocycles. The summed E-state index contributed by atoms with van der Waals surface area (Å²) in [5.41, 5.74) is 1.78. The van der Waals surface area contributed by atoms with Gasteiger partial charge in [-0.3, -0.25) is 0 Å². The Kier molecular flexibility index (Phi) is 3.53. The summed E-state index contributed by atoms with van der Waals surface area (Å²) in [5.74, 6) is 0.370. The van der Waals surface area contributed by atoms with Gasteiger partial charge in [-0.1, -0.05) is 30.4 Å². The number of rotatable bonds is 3. The molecule has 13 heavy (non-hydrogen) atoms. The molecule has 0 heterocycles. The molecule has 0 bridgehead atoms. The molecule has 0 aliphatic heterocycles. The maximum absolute atomic E-state index is 9.63.